The van der Waals surface area contributed by atoms with Crippen LogP contribution in [0.1, 0.15) is 38.8 Å². The number of rotatable bonds is 7. The van der Waals surface area contributed by atoms with E-state index in [2.05, 4.69) is 0 Å². The molecule has 0 saturated heterocycles. The molecular weight excluding hydrogens is 316 g/mol. The summed E-state index contributed by atoms with van der Waals surface area (Å²) < 4.78 is 11.5. The van der Waals surface area contributed by atoms with Gasteiger partial charge in [-0.05, 0) is 57.0 Å². The first-order valence-electron chi connectivity index (χ1n) is 8.34. The minimum absolute atomic E-state index is 0.0131. The quantitative estimate of drug-likeness (QED) is 0.576. The number of carbonyl (C=O) groups is 1. The van der Waals surface area contributed by atoms with Crippen LogP contribution in [0.2, 0.25) is 0 Å². The van der Waals surface area contributed by atoms with E-state index in [0.29, 0.717) is 17.1 Å². The summed E-state index contributed by atoms with van der Waals surface area (Å²) in [5.74, 6) is 0.321. The zero-order valence-electron chi connectivity index (χ0n) is 15.0. The molecule has 0 heterocycles. The van der Waals surface area contributed by atoms with Gasteiger partial charge < -0.3 is 14.6 Å². The third-order valence-corrected chi connectivity index (χ3v) is 3.27. The first-order valence-corrected chi connectivity index (χ1v) is 8.34. The fraction of sp³-hybridized carbons (Fsp3) is 0.286. The van der Waals surface area contributed by atoms with Gasteiger partial charge in [0.15, 0.2) is 0 Å². The standard InChI is InChI=1S/C21H24O4/c1-14(2)24-18-10-16(11-19(13-18)25-15(3)4)12-20(21(22)23)17-8-6-5-7-9-17/h5-15H,1-4H3,(H,22,23)/b20-12+. The molecule has 0 saturated carbocycles. The molecule has 0 unspecified atom stereocenters. The van der Waals surface area contributed by atoms with E-state index in [1.54, 1.807) is 18.2 Å². The van der Waals surface area contributed by atoms with Gasteiger partial charge in [-0.1, -0.05) is 30.3 Å². The third-order valence-electron chi connectivity index (χ3n) is 3.27. The van der Waals surface area contributed by atoms with Gasteiger partial charge in [-0.2, -0.15) is 0 Å². The highest BCUT2D eigenvalue weighted by atomic mass is 16.5. The molecule has 0 bridgehead atoms. The number of hydrogen-bond acceptors (Lipinski definition) is 3. The maximum atomic E-state index is 11.7. The second-order valence-corrected chi connectivity index (χ2v) is 6.30. The monoisotopic (exact) mass is 340 g/mol. The van der Waals surface area contributed by atoms with Crippen molar-refractivity contribution in [3.8, 4) is 11.5 Å². The summed E-state index contributed by atoms with van der Waals surface area (Å²) in [6, 6.07) is 14.5. The molecule has 2 rings (SSSR count). The third kappa shape index (κ3) is 5.68. The summed E-state index contributed by atoms with van der Waals surface area (Å²) in [7, 11) is 0. The molecule has 0 aromatic heterocycles. The van der Waals surface area contributed by atoms with Gasteiger partial charge in [0.1, 0.15) is 11.5 Å². The van der Waals surface area contributed by atoms with Gasteiger partial charge in [-0.15, -0.1) is 0 Å². The molecule has 0 aliphatic rings. The number of hydrogen-bond donors (Lipinski definition) is 1. The van der Waals surface area contributed by atoms with Crippen molar-refractivity contribution in [3.05, 3.63) is 59.7 Å². The Hall–Kier alpha value is -2.75. The Morgan fingerprint density at radius 3 is 1.88 bits per heavy atom. The Kier molecular flexibility index (Phi) is 6.23. The Morgan fingerprint density at radius 1 is 0.920 bits per heavy atom. The second-order valence-electron chi connectivity index (χ2n) is 6.30. The highest BCUT2D eigenvalue weighted by Crippen LogP contribution is 2.28. The van der Waals surface area contributed by atoms with E-state index < -0.39 is 5.97 Å². The highest BCUT2D eigenvalue weighted by Gasteiger charge is 2.12. The highest BCUT2D eigenvalue weighted by molar-refractivity contribution is 6.20. The fourth-order valence-corrected chi connectivity index (χ4v) is 2.41. The lowest BCUT2D eigenvalue weighted by atomic mass is 10.0. The van der Waals surface area contributed by atoms with Gasteiger partial charge in [0.05, 0.1) is 17.8 Å². The van der Waals surface area contributed by atoms with Crippen molar-refractivity contribution in [3.63, 3.8) is 0 Å². The number of ether oxygens (including phenoxy) is 2. The maximum Gasteiger partial charge on any atom is 0.336 e. The van der Waals surface area contributed by atoms with E-state index in [-0.39, 0.29) is 17.8 Å². The van der Waals surface area contributed by atoms with Gasteiger partial charge in [0.2, 0.25) is 0 Å². The number of carboxylic acids is 1. The summed E-state index contributed by atoms with van der Waals surface area (Å²) in [5, 5.41) is 9.59. The van der Waals surface area contributed by atoms with Gasteiger partial charge >= 0.3 is 5.97 Å². The van der Waals surface area contributed by atoms with Crippen LogP contribution in [0, 0.1) is 0 Å². The molecule has 0 spiro atoms. The van der Waals surface area contributed by atoms with Crippen molar-refractivity contribution in [2.75, 3.05) is 0 Å². The number of benzene rings is 2. The van der Waals surface area contributed by atoms with Crippen molar-refractivity contribution in [1.82, 2.24) is 0 Å². The lowest BCUT2D eigenvalue weighted by Crippen LogP contribution is -2.08. The largest absolute Gasteiger partial charge is 0.491 e. The molecule has 0 radical (unpaired) electrons. The topological polar surface area (TPSA) is 55.8 Å². The van der Waals surface area contributed by atoms with Crippen LogP contribution in [0.5, 0.6) is 11.5 Å². The van der Waals surface area contributed by atoms with E-state index in [4.69, 9.17) is 9.47 Å². The predicted octanol–water partition coefficient (Wildman–Crippen LogP) is 4.89. The average Bonchev–Trinajstić information content (AvgIpc) is 2.51. The lowest BCUT2D eigenvalue weighted by molar-refractivity contribution is -0.130. The zero-order valence-corrected chi connectivity index (χ0v) is 15.0. The zero-order chi connectivity index (χ0) is 18.4. The Bertz CT molecular complexity index is 717. The van der Waals surface area contributed by atoms with Crippen LogP contribution in [-0.2, 0) is 4.79 Å². The lowest BCUT2D eigenvalue weighted by Gasteiger charge is -2.15. The molecule has 0 aliphatic heterocycles. The second kappa shape index (κ2) is 8.38. The van der Waals surface area contributed by atoms with Crippen LogP contribution >= 0.6 is 0 Å². The molecule has 2 aromatic carbocycles. The molecule has 0 aliphatic carbocycles. The Balaban J connectivity index is 2.49. The minimum atomic E-state index is -0.979. The molecule has 0 atom stereocenters. The normalized spacial score (nSPS) is 11.7. The van der Waals surface area contributed by atoms with Gasteiger partial charge in [0.25, 0.3) is 0 Å². The SMILES string of the molecule is CC(C)Oc1cc(/C=C(/C(=O)O)c2ccccc2)cc(OC(C)C)c1. The molecule has 0 fully saturated rings. The van der Waals surface area contributed by atoms with E-state index >= 15 is 0 Å². The fourth-order valence-electron chi connectivity index (χ4n) is 2.41. The van der Waals surface area contributed by atoms with E-state index in [9.17, 15) is 9.90 Å². The average molecular weight is 340 g/mol. The van der Waals surface area contributed by atoms with Gasteiger partial charge in [-0.25, -0.2) is 4.79 Å². The number of aliphatic carboxylic acids is 1. The van der Waals surface area contributed by atoms with E-state index in [0.717, 1.165) is 5.56 Å². The summed E-state index contributed by atoms with van der Waals surface area (Å²) in [5.41, 5.74) is 1.59. The number of carboxylic acid groups (broad SMARTS) is 1. The minimum Gasteiger partial charge on any atom is -0.491 e. The molecular formula is C21H24O4. The van der Waals surface area contributed by atoms with Crippen LogP contribution < -0.4 is 9.47 Å². The van der Waals surface area contributed by atoms with Crippen molar-refractivity contribution in [2.24, 2.45) is 0 Å². The van der Waals surface area contributed by atoms with Crippen LogP contribution in [0.3, 0.4) is 0 Å². The van der Waals surface area contributed by atoms with Crippen LogP contribution in [0.4, 0.5) is 0 Å². The molecule has 4 heteroatoms. The van der Waals surface area contributed by atoms with Gasteiger partial charge in [-0.3, -0.25) is 0 Å². The Morgan fingerprint density at radius 2 is 1.44 bits per heavy atom. The first-order chi connectivity index (χ1) is 11.8. The first kappa shape index (κ1) is 18.6. The van der Waals surface area contributed by atoms with Crippen LogP contribution in [0.15, 0.2) is 48.5 Å². The van der Waals surface area contributed by atoms with Crippen LogP contribution in [0.25, 0.3) is 11.6 Å². The summed E-state index contributed by atoms with van der Waals surface area (Å²) in [6.45, 7) is 7.77. The maximum absolute atomic E-state index is 11.7. The summed E-state index contributed by atoms with van der Waals surface area (Å²) in [6.07, 6.45) is 1.66. The van der Waals surface area contributed by atoms with Gasteiger partial charge in [0, 0.05) is 6.07 Å². The van der Waals surface area contributed by atoms with Crippen molar-refractivity contribution < 1.29 is 19.4 Å². The molecule has 25 heavy (non-hydrogen) atoms. The molecule has 0 amide bonds. The summed E-state index contributed by atoms with van der Waals surface area (Å²) >= 11 is 0. The van der Waals surface area contributed by atoms with Crippen LogP contribution in [-0.4, -0.2) is 23.3 Å². The Labute approximate surface area is 148 Å². The molecule has 1 N–H and O–H groups in total. The molecule has 2 aromatic rings. The van der Waals surface area contributed by atoms with E-state index in [1.165, 1.54) is 0 Å². The van der Waals surface area contributed by atoms with Crippen molar-refractivity contribution >= 4 is 17.6 Å². The van der Waals surface area contributed by atoms with Crippen molar-refractivity contribution in [1.29, 1.82) is 0 Å². The smallest absolute Gasteiger partial charge is 0.336 e. The summed E-state index contributed by atoms with van der Waals surface area (Å²) in [4.78, 5) is 11.7. The molecule has 4 nitrogen and oxygen atoms in total. The molecule has 132 valence electrons. The van der Waals surface area contributed by atoms with Crippen molar-refractivity contribution in [2.45, 2.75) is 39.9 Å². The predicted molar refractivity (Wildman–Crippen MR) is 99.9 cm³/mol. The van der Waals surface area contributed by atoms with E-state index in [1.807, 2.05) is 64.1 Å².